The highest BCUT2D eigenvalue weighted by Crippen LogP contribution is 2.36. The first-order valence-corrected chi connectivity index (χ1v) is 12.2. The lowest BCUT2D eigenvalue weighted by molar-refractivity contribution is -0.133. The Bertz CT molecular complexity index is 1440. The minimum absolute atomic E-state index is 0.221. The third-order valence-electron chi connectivity index (χ3n) is 6.81. The zero-order valence-electron chi connectivity index (χ0n) is 20.1. The molecule has 0 spiro atoms. The molecular weight excluding hydrogens is 468 g/mol. The Hall–Kier alpha value is -4.50. The van der Waals surface area contributed by atoms with Crippen LogP contribution in [0.3, 0.4) is 0 Å². The standard InChI is InChI=1S/C31H25F2N3O/c32-26-7-2-1-6-25(26)29-10-5-19-36(29)31(37)30(35-28-9-4-3-8-27(28)33)24-17-15-23(16-18-24)22-13-11-21(20-34)12-14-22/h1-4,6-9,11-18,29-30,35H,5,10,19H2. The molecule has 2 atom stereocenters. The molecule has 6 heteroatoms. The molecule has 0 aliphatic carbocycles. The molecule has 0 saturated carbocycles. The summed E-state index contributed by atoms with van der Waals surface area (Å²) < 4.78 is 29.2. The summed E-state index contributed by atoms with van der Waals surface area (Å²) in [7, 11) is 0. The van der Waals surface area contributed by atoms with E-state index in [-0.39, 0.29) is 23.5 Å². The van der Waals surface area contributed by atoms with Gasteiger partial charge < -0.3 is 10.2 Å². The fourth-order valence-corrected chi connectivity index (χ4v) is 4.89. The maximum atomic E-state index is 14.6. The van der Waals surface area contributed by atoms with E-state index in [1.807, 2.05) is 36.4 Å². The lowest BCUT2D eigenvalue weighted by Crippen LogP contribution is -2.38. The number of carbonyl (C=O) groups is 1. The highest BCUT2D eigenvalue weighted by molar-refractivity contribution is 5.87. The van der Waals surface area contributed by atoms with Gasteiger partial charge in [-0.25, -0.2) is 8.78 Å². The minimum atomic E-state index is -0.862. The number of hydrogen-bond donors (Lipinski definition) is 1. The van der Waals surface area contributed by atoms with Crippen molar-refractivity contribution in [1.29, 1.82) is 5.26 Å². The molecule has 0 radical (unpaired) electrons. The van der Waals surface area contributed by atoms with Gasteiger partial charge in [-0.1, -0.05) is 66.7 Å². The van der Waals surface area contributed by atoms with Gasteiger partial charge in [0.05, 0.1) is 23.4 Å². The summed E-state index contributed by atoms with van der Waals surface area (Å²) in [6, 6.07) is 28.4. The summed E-state index contributed by atoms with van der Waals surface area (Å²) in [5, 5.41) is 12.2. The van der Waals surface area contributed by atoms with Gasteiger partial charge in [0.25, 0.3) is 0 Å². The van der Waals surface area contributed by atoms with Gasteiger partial charge in [-0.3, -0.25) is 4.79 Å². The van der Waals surface area contributed by atoms with E-state index >= 15 is 0 Å². The van der Waals surface area contributed by atoms with E-state index in [1.165, 1.54) is 12.1 Å². The molecule has 1 amide bonds. The molecule has 1 aliphatic heterocycles. The second-order valence-electron chi connectivity index (χ2n) is 9.08. The van der Waals surface area contributed by atoms with Gasteiger partial charge in [-0.15, -0.1) is 0 Å². The Morgan fingerprint density at radius 2 is 1.49 bits per heavy atom. The number of nitrogens with one attached hydrogen (secondary N) is 1. The fourth-order valence-electron chi connectivity index (χ4n) is 4.89. The Labute approximate surface area is 214 Å². The molecular formula is C31H25F2N3O. The van der Waals surface area contributed by atoms with Gasteiger partial charge in [0, 0.05) is 12.1 Å². The number of likely N-dealkylation sites (tertiary alicyclic amines) is 1. The van der Waals surface area contributed by atoms with Crippen LogP contribution in [0, 0.1) is 23.0 Å². The summed E-state index contributed by atoms with van der Waals surface area (Å²) in [6.45, 7) is 0.497. The Kier molecular flexibility index (Phi) is 6.96. The van der Waals surface area contributed by atoms with Gasteiger partial charge in [-0.05, 0) is 59.9 Å². The normalized spacial score (nSPS) is 15.7. The van der Waals surface area contributed by atoms with Crippen LogP contribution < -0.4 is 5.32 Å². The number of nitriles is 1. The fraction of sp³-hybridized carbons (Fsp3) is 0.161. The number of halogens is 2. The summed E-state index contributed by atoms with van der Waals surface area (Å²) >= 11 is 0. The molecule has 1 heterocycles. The topological polar surface area (TPSA) is 56.1 Å². The average Bonchev–Trinajstić information content (AvgIpc) is 3.42. The van der Waals surface area contributed by atoms with Crippen molar-refractivity contribution < 1.29 is 13.6 Å². The minimum Gasteiger partial charge on any atom is -0.368 e. The van der Waals surface area contributed by atoms with E-state index < -0.39 is 11.9 Å². The number of carbonyl (C=O) groups excluding carboxylic acids is 1. The van der Waals surface area contributed by atoms with E-state index in [1.54, 1.807) is 53.4 Å². The van der Waals surface area contributed by atoms with Crippen molar-refractivity contribution in [2.75, 3.05) is 11.9 Å². The van der Waals surface area contributed by atoms with Crippen molar-refractivity contribution in [3.05, 3.63) is 125 Å². The maximum absolute atomic E-state index is 14.6. The summed E-state index contributed by atoms with van der Waals surface area (Å²) in [5.74, 6) is -1.03. The third kappa shape index (κ3) is 5.07. The highest BCUT2D eigenvalue weighted by Gasteiger charge is 2.36. The predicted molar refractivity (Wildman–Crippen MR) is 139 cm³/mol. The Balaban J connectivity index is 1.48. The van der Waals surface area contributed by atoms with Crippen molar-refractivity contribution in [3.8, 4) is 17.2 Å². The number of anilines is 1. The van der Waals surface area contributed by atoms with Crippen molar-refractivity contribution in [2.24, 2.45) is 0 Å². The van der Waals surface area contributed by atoms with Crippen LogP contribution in [0.1, 0.15) is 41.6 Å². The van der Waals surface area contributed by atoms with E-state index in [0.717, 1.165) is 17.5 Å². The number of para-hydroxylation sites is 1. The first kappa shape index (κ1) is 24.2. The van der Waals surface area contributed by atoms with Crippen LogP contribution >= 0.6 is 0 Å². The van der Waals surface area contributed by atoms with Crippen molar-refractivity contribution in [2.45, 2.75) is 24.9 Å². The summed E-state index contributed by atoms with van der Waals surface area (Å²) in [4.78, 5) is 15.7. The molecule has 184 valence electrons. The van der Waals surface area contributed by atoms with E-state index in [4.69, 9.17) is 5.26 Å². The number of rotatable bonds is 6. The van der Waals surface area contributed by atoms with Crippen LogP contribution in [0.4, 0.5) is 14.5 Å². The third-order valence-corrected chi connectivity index (χ3v) is 6.81. The molecule has 1 fully saturated rings. The number of nitrogens with zero attached hydrogens (tertiary/aromatic N) is 2. The highest BCUT2D eigenvalue weighted by atomic mass is 19.1. The van der Waals surface area contributed by atoms with Crippen LogP contribution in [0.25, 0.3) is 11.1 Å². The van der Waals surface area contributed by atoms with Crippen molar-refractivity contribution in [1.82, 2.24) is 4.90 Å². The van der Waals surface area contributed by atoms with Gasteiger partial charge in [-0.2, -0.15) is 5.26 Å². The average molecular weight is 494 g/mol. The SMILES string of the molecule is N#Cc1ccc(-c2ccc(C(Nc3ccccc3F)C(=O)N3CCCC3c3ccccc3F)cc2)cc1. The number of hydrogen-bond acceptors (Lipinski definition) is 3. The zero-order valence-corrected chi connectivity index (χ0v) is 20.1. The molecule has 2 unspecified atom stereocenters. The van der Waals surface area contributed by atoms with Crippen LogP contribution in [-0.4, -0.2) is 17.4 Å². The molecule has 1 saturated heterocycles. The van der Waals surface area contributed by atoms with Gasteiger partial charge in [0.15, 0.2) is 0 Å². The first-order valence-electron chi connectivity index (χ1n) is 12.2. The molecule has 4 aromatic carbocycles. The van der Waals surface area contributed by atoms with Crippen molar-refractivity contribution >= 4 is 11.6 Å². The van der Waals surface area contributed by atoms with Crippen LogP contribution in [0.15, 0.2) is 97.1 Å². The molecule has 1 N–H and O–H groups in total. The second-order valence-corrected chi connectivity index (χ2v) is 9.08. The lowest BCUT2D eigenvalue weighted by Gasteiger charge is -2.30. The van der Waals surface area contributed by atoms with Crippen LogP contribution in [0.2, 0.25) is 0 Å². The lowest BCUT2D eigenvalue weighted by atomic mass is 9.98. The zero-order chi connectivity index (χ0) is 25.8. The Morgan fingerprint density at radius 1 is 0.865 bits per heavy atom. The second kappa shape index (κ2) is 10.6. The van der Waals surface area contributed by atoms with Crippen LogP contribution in [-0.2, 0) is 4.79 Å². The van der Waals surface area contributed by atoms with Gasteiger partial charge in [0.1, 0.15) is 17.7 Å². The van der Waals surface area contributed by atoms with E-state index in [0.29, 0.717) is 29.7 Å². The van der Waals surface area contributed by atoms with Gasteiger partial charge in [0.2, 0.25) is 5.91 Å². The van der Waals surface area contributed by atoms with E-state index in [2.05, 4.69) is 11.4 Å². The predicted octanol–water partition coefficient (Wildman–Crippen LogP) is 7.02. The number of amides is 1. The molecule has 5 rings (SSSR count). The summed E-state index contributed by atoms with van der Waals surface area (Å²) in [5.41, 5.74) is 3.83. The first-order chi connectivity index (χ1) is 18.0. The molecule has 0 aromatic heterocycles. The molecule has 4 aromatic rings. The molecule has 1 aliphatic rings. The largest absolute Gasteiger partial charge is 0.368 e. The monoisotopic (exact) mass is 493 g/mol. The maximum Gasteiger partial charge on any atom is 0.250 e. The smallest absolute Gasteiger partial charge is 0.250 e. The quantitative estimate of drug-likeness (QED) is 0.314. The molecule has 37 heavy (non-hydrogen) atoms. The molecule has 0 bridgehead atoms. The van der Waals surface area contributed by atoms with E-state index in [9.17, 15) is 13.6 Å². The molecule has 4 nitrogen and oxygen atoms in total. The number of benzene rings is 4. The van der Waals surface area contributed by atoms with Crippen molar-refractivity contribution in [3.63, 3.8) is 0 Å². The van der Waals surface area contributed by atoms with Gasteiger partial charge >= 0.3 is 0 Å². The summed E-state index contributed by atoms with van der Waals surface area (Å²) in [6.07, 6.45) is 1.42. The Morgan fingerprint density at radius 3 is 2.14 bits per heavy atom. The van der Waals surface area contributed by atoms with Crippen LogP contribution in [0.5, 0.6) is 0 Å².